The second-order valence-corrected chi connectivity index (χ2v) is 6.75. The summed E-state index contributed by atoms with van der Waals surface area (Å²) in [5, 5.41) is 11.1. The van der Waals surface area contributed by atoms with Crippen molar-refractivity contribution in [3.8, 4) is 11.5 Å². The third-order valence-electron chi connectivity index (χ3n) is 4.30. The molecule has 0 radical (unpaired) electrons. The molecule has 1 N–H and O–H groups in total. The second kappa shape index (κ2) is 6.27. The number of hydrogen-bond acceptors (Lipinski definition) is 3. The van der Waals surface area contributed by atoms with Crippen molar-refractivity contribution < 1.29 is 14.6 Å². The van der Waals surface area contributed by atoms with Gasteiger partial charge in [-0.2, -0.15) is 0 Å². The normalized spacial score (nSPS) is 24.6. The number of rotatable bonds is 5. The van der Waals surface area contributed by atoms with E-state index in [9.17, 15) is 5.11 Å². The first-order valence-corrected chi connectivity index (χ1v) is 8.03. The molecule has 0 saturated heterocycles. The number of ether oxygens (including phenoxy) is 2. The summed E-state index contributed by atoms with van der Waals surface area (Å²) in [7, 11) is 0. The fourth-order valence-electron chi connectivity index (χ4n) is 3.41. The van der Waals surface area contributed by atoms with Crippen molar-refractivity contribution in [3.63, 3.8) is 0 Å². The molecule has 1 aromatic rings. The Hall–Kier alpha value is -1.22. The van der Waals surface area contributed by atoms with E-state index in [1.54, 1.807) is 0 Å². The molecule has 118 valence electrons. The zero-order chi connectivity index (χ0) is 15.5. The van der Waals surface area contributed by atoms with E-state index in [1.165, 1.54) is 6.42 Å². The third kappa shape index (κ3) is 3.70. The summed E-state index contributed by atoms with van der Waals surface area (Å²) < 4.78 is 11.3. The van der Waals surface area contributed by atoms with Crippen molar-refractivity contribution >= 4 is 0 Å². The van der Waals surface area contributed by atoms with Gasteiger partial charge in [0.15, 0.2) is 11.5 Å². The molecule has 0 heterocycles. The first kappa shape index (κ1) is 16.2. The number of benzene rings is 1. The highest BCUT2D eigenvalue weighted by Gasteiger charge is 2.40. The van der Waals surface area contributed by atoms with Gasteiger partial charge in [-0.15, -0.1) is 0 Å². The highest BCUT2D eigenvalue weighted by atomic mass is 16.5. The molecule has 21 heavy (non-hydrogen) atoms. The minimum atomic E-state index is -0.752. The number of aliphatic hydroxyl groups is 1. The Bertz CT molecular complexity index is 481. The maximum atomic E-state index is 11.1. The van der Waals surface area contributed by atoms with E-state index in [1.807, 2.05) is 32.0 Å². The quantitative estimate of drug-likeness (QED) is 0.880. The molecule has 0 aliphatic heterocycles. The van der Waals surface area contributed by atoms with Gasteiger partial charge in [0.05, 0.1) is 18.8 Å². The summed E-state index contributed by atoms with van der Waals surface area (Å²) in [4.78, 5) is 0. The molecule has 1 unspecified atom stereocenters. The first-order chi connectivity index (χ1) is 9.90. The molecule has 1 saturated carbocycles. The van der Waals surface area contributed by atoms with Crippen molar-refractivity contribution in [1.29, 1.82) is 0 Å². The molecule has 3 nitrogen and oxygen atoms in total. The fraction of sp³-hybridized carbons (Fsp3) is 0.667. The highest BCUT2D eigenvalue weighted by molar-refractivity contribution is 5.45. The van der Waals surface area contributed by atoms with E-state index in [4.69, 9.17) is 9.47 Å². The van der Waals surface area contributed by atoms with Gasteiger partial charge in [0, 0.05) is 0 Å². The second-order valence-electron chi connectivity index (χ2n) is 6.75. The van der Waals surface area contributed by atoms with Crippen LogP contribution in [0.3, 0.4) is 0 Å². The van der Waals surface area contributed by atoms with E-state index >= 15 is 0 Å². The van der Waals surface area contributed by atoms with Crippen LogP contribution in [0, 0.1) is 5.41 Å². The van der Waals surface area contributed by atoms with Crippen LogP contribution < -0.4 is 9.47 Å². The van der Waals surface area contributed by atoms with Crippen LogP contribution in [-0.4, -0.2) is 18.3 Å². The molecule has 0 spiro atoms. The molecule has 1 atom stereocenters. The summed E-state index contributed by atoms with van der Waals surface area (Å²) >= 11 is 0. The Labute approximate surface area is 128 Å². The molecule has 0 aromatic heterocycles. The molecule has 2 rings (SSSR count). The minimum Gasteiger partial charge on any atom is -0.490 e. The molecule has 3 heteroatoms. The molecule has 1 aliphatic carbocycles. The van der Waals surface area contributed by atoms with E-state index in [0.29, 0.717) is 13.2 Å². The van der Waals surface area contributed by atoms with Gasteiger partial charge < -0.3 is 14.6 Å². The van der Waals surface area contributed by atoms with Crippen LogP contribution in [0.4, 0.5) is 0 Å². The SMILES string of the molecule is CCOc1ccc(C2(O)CCCC(C)(C)C2)cc1OCC. The van der Waals surface area contributed by atoms with E-state index < -0.39 is 5.60 Å². The molecule has 0 amide bonds. The lowest BCUT2D eigenvalue weighted by Crippen LogP contribution is -2.36. The van der Waals surface area contributed by atoms with Crippen molar-refractivity contribution in [1.82, 2.24) is 0 Å². The van der Waals surface area contributed by atoms with E-state index in [-0.39, 0.29) is 5.41 Å². The van der Waals surface area contributed by atoms with Gasteiger partial charge in [0.2, 0.25) is 0 Å². The lowest BCUT2D eigenvalue weighted by molar-refractivity contribution is -0.0442. The standard InChI is InChI=1S/C18H28O3/c1-5-20-15-9-8-14(12-16(15)21-6-2)18(19)11-7-10-17(3,4)13-18/h8-9,12,19H,5-7,10-11,13H2,1-4H3. The molecule has 1 aliphatic rings. The van der Waals surface area contributed by atoms with Gasteiger partial charge in [0.1, 0.15) is 0 Å². The van der Waals surface area contributed by atoms with Gasteiger partial charge >= 0.3 is 0 Å². The summed E-state index contributed by atoms with van der Waals surface area (Å²) in [6.07, 6.45) is 3.83. The maximum Gasteiger partial charge on any atom is 0.161 e. The molecule has 1 fully saturated rings. The zero-order valence-electron chi connectivity index (χ0n) is 13.7. The van der Waals surface area contributed by atoms with Gasteiger partial charge in [-0.05, 0) is 62.6 Å². The monoisotopic (exact) mass is 292 g/mol. The van der Waals surface area contributed by atoms with Crippen molar-refractivity contribution in [2.24, 2.45) is 5.41 Å². The Morgan fingerprint density at radius 2 is 1.71 bits per heavy atom. The molecular weight excluding hydrogens is 264 g/mol. The van der Waals surface area contributed by atoms with Crippen LogP contribution in [0.5, 0.6) is 11.5 Å². The van der Waals surface area contributed by atoms with E-state index in [2.05, 4.69) is 13.8 Å². The Kier molecular flexibility index (Phi) is 4.82. The Balaban J connectivity index is 2.32. The molecule has 1 aromatic carbocycles. The maximum absolute atomic E-state index is 11.1. The van der Waals surface area contributed by atoms with Gasteiger partial charge in [-0.25, -0.2) is 0 Å². The van der Waals surface area contributed by atoms with Crippen molar-refractivity contribution in [3.05, 3.63) is 23.8 Å². The van der Waals surface area contributed by atoms with Crippen molar-refractivity contribution in [2.45, 2.75) is 59.0 Å². The minimum absolute atomic E-state index is 0.178. The Morgan fingerprint density at radius 3 is 2.33 bits per heavy atom. The van der Waals surface area contributed by atoms with Crippen LogP contribution in [-0.2, 0) is 5.60 Å². The average molecular weight is 292 g/mol. The highest BCUT2D eigenvalue weighted by Crippen LogP contribution is 2.47. The summed E-state index contributed by atoms with van der Waals surface area (Å²) in [5.74, 6) is 1.48. The van der Waals surface area contributed by atoms with Gasteiger partial charge in [-0.3, -0.25) is 0 Å². The van der Waals surface area contributed by atoms with E-state index in [0.717, 1.165) is 36.3 Å². The molecular formula is C18H28O3. The Morgan fingerprint density at radius 1 is 1.05 bits per heavy atom. The zero-order valence-corrected chi connectivity index (χ0v) is 13.7. The summed E-state index contributed by atoms with van der Waals surface area (Å²) in [5.41, 5.74) is 0.373. The lowest BCUT2D eigenvalue weighted by Gasteiger charge is -2.42. The van der Waals surface area contributed by atoms with Gasteiger partial charge in [0.25, 0.3) is 0 Å². The fourth-order valence-corrected chi connectivity index (χ4v) is 3.41. The third-order valence-corrected chi connectivity index (χ3v) is 4.30. The number of hydrogen-bond donors (Lipinski definition) is 1. The van der Waals surface area contributed by atoms with Crippen LogP contribution in [0.15, 0.2) is 18.2 Å². The lowest BCUT2D eigenvalue weighted by atomic mass is 9.67. The van der Waals surface area contributed by atoms with Crippen molar-refractivity contribution in [2.75, 3.05) is 13.2 Å². The van der Waals surface area contributed by atoms with Gasteiger partial charge in [-0.1, -0.05) is 19.9 Å². The summed E-state index contributed by atoms with van der Waals surface area (Å²) in [6.45, 7) is 9.58. The smallest absolute Gasteiger partial charge is 0.161 e. The van der Waals surface area contributed by atoms with Crippen LogP contribution >= 0.6 is 0 Å². The van der Waals surface area contributed by atoms with Crippen LogP contribution in [0.1, 0.15) is 58.9 Å². The predicted molar refractivity (Wildman–Crippen MR) is 84.9 cm³/mol. The molecule has 0 bridgehead atoms. The largest absolute Gasteiger partial charge is 0.490 e. The summed E-state index contributed by atoms with van der Waals surface area (Å²) in [6, 6.07) is 5.86. The topological polar surface area (TPSA) is 38.7 Å². The predicted octanol–water partition coefficient (Wildman–Crippen LogP) is 4.27. The average Bonchev–Trinajstić information content (AvgIpc) is 2.39. The first-order valence-electron chi connectivity index (χ1n) is 8.03. The van der Waals surface area contributed by atoms with Crippen LogP contribution in [0.2, 0.25) is 0 Å². The van der Waals surface area contributed by atoms with Crippen LogP contribution in [0.25, 0.3) is 0 Å².